The van der Waals surface area contributed by atoms with Crippen LogP contribution in [0.15, 0.2) is 42.5 Å². The highest BCUT2D eigenvalue weighted by atomic mass is 127. The highest BCUT2D eigenvalue weighted by molar-refractivity contribution is 14.1. The Morgan fingerprint density at radius 3 is 2.42 bits per heavy atom. The summed E-state index contributed by atoms with van der Waals surface area (Å²) in [5.74, 6) is 0. The molecular formula is C17H16ClI. The highest BCUT2D eigenvalue weighted by Gasteiger charge is 2.15. The molecule has 1 aliphatic rings. The van der Waals surface area contributed by atoms with Gasteiger partial charge in [0.2, 0.25) is 0 Å². The van der Waals surface area contributed by atoms with E-state index in [1.54, 1.807) is 0 Å². The number of rotatable bonds is 2. The molecule has 0 amide bonds. The molecule has 0 radical (unpaired) electrons. The zero-order valence-electron chi connectivity index (χ0n) is 10.7. The van der Waals surface area contributed by atoms with Crippen molar-refractivity contribution in [2.24, 2.45) is 0 Å². The quantitative estimate of drug-likeness (QED) is 0.475. The minimum Gasteiger partial charge on any atom is -0.113 e. The van der Waals surface area contributed by atoms with Crippen LogP contribution in [-0.4, -0.2) is 0 Å². The zero-order valence-corrected chi connectivity index (χ0v) is 13.6. The van der Waals surface area contributed by atoms with Crippen LogP contribution in [0.1, 0.15) is 40.5 Å². The number of fused-ring (bicyclic) bond motifs is 1. The van der Waals surface area contributed by atoms with Gasteiger partial charge >= 0.3 is 0 Å². The Hall–Kier alpha value is -0.540. The molecule has 3 rings (SSSR count). The fourth-order valence-corrected chi connectivity index (χ4v) is 3.61. The summed E-state index contributed by atoms with van der Waals surface area (Å²) in [6.45, 7) is 0. The molecule has 1 unspecified atom stereocenters. The Morgan fingerprint density at radius 2 is 1.63 bits per heavy atom. The SMILES string of the molecule is ClC(c1cccc(I)c1)c1ccc2c(c1)CCCC2. The Balaban J connectivity index is 1.93. The van der Waals surface area contributed by atoms with E-state index in [0.717, 1.165) is 0 Å². The van der Waals surface area contributed by atoms with Gasteiger partial charge in [0.05, 0.1) is 5.38 Å². The van der Waals surface area contributed by atoms with Crippen LogP contribution in [0, 0.1) is 3.57 Å². The van der Waals surface area contributed by atoms with E-state index in [4.69, 9.17) is 11.6 Å². The minimum absolute atomic E-state index is 0.0399. The third-order valence-corrected chi connectivity index (χ3v) is 4.98. The molecule has 98 valence electrons. The lowest BCUT2D eigenvalue weighted by molar-refractivity contribution is 0.684. The summed E-state index contributed by atoms with van der Waals surface area (Å²) in [6, 6.07) is 15.2. The summed E-state index contributed by atoms with van der Waals surface area (Å²) in [7, 11) is 0. The first-order valence-corrected chi connectivity index (χ1v) is 8.27. The second-order valence-corrected chi connectivity index (χ2v) is 6.83. The van der Waals surface area contributed by atoms with Crippen LogP contribution in [0.2, 0.25) is 0 Å². The van der Waals surface area contributed by atoms with E-state index in [-0.39, 0.29) is 5.38 Å². The van der Waals surface area contributed by atoms with Crippen molar-refractivity contribution in [3.63, 3.8) is 0 Å². The van der Waals surface area contributed by atoms with E-state index in [0.29, 0.717) is 0 Å². The van der Waals surface area contributed by atoms with Gasteiger partial charge in [0.25, 0.3) is 0 Å². The molecule has 2 aromatic rings. The number of hydrogen-bond acceptors (Lipinski definition) is 0. The molecule has 19 heavy (non-hydrogen) atoms. The van der Waals surface area contributed by atoms with Gasteiger partial charge in [0.1, 0.15) is 0 Å². The molecule has 2 aromatic carbocycles. The molecule has 0 nitrogen and oxygen atoms in total. The number of halogens is 2. The van der Waals surface area contributed by atoms with Gasteiger partial charge in [-0.25, -0.2) is 0 Å². The summed E-state index contributed by atoms with van der Waals surface area (Å²) < 4.78 is 1.23. The van der Waals surface area contributed by atoms with Crippen molar-refractivity contribution in [3.8, 4) is 0 Å². The summed E-state index contributed by atoms with van der Waals surface area (Å²) in [6.07, 6.45) is 5.07. The fourth-order valence-electron chi connectivity index (χ4n) is 2.77. The van der Waals surface area contributed by atoms with Crippen molar-refractivity contribution < 1.29 is 0 Å². The third-order valence-electron chi connectivity index (χ3n) is 3.81. The smallest absolute Gasteiger partial charge is 0.0835 e. The average Bonchev–Trinajstić information content (AvgIpc) is 2.46. The molecule has 0 bridgehead atoms. The van der Waals surface area contributed by atoms with Crippen molar-refractivity contribution in [1.29, 1.82) is 0 Å². The summed E-state index contributed by atoms with van der Waals surface area (Å²) >= 11 is 8.98. The van der Waals surface area contributed by atoms with Gasteiger partial charge < -0.3 is 0 Å². The van der Waals surface area contributed by atoms with Crippen LogP contribution >= 0.6 is 34.2 Å². The van der Waals surface area contributed by atoms with Crippen molar-refractivity contribution in [2.75, 3.05) is 0 Å². The lowest BCUT2D eigenvalue weighted by Crippen LogP contribution is -2.04. The maximum absolute atomic E-state index is 6.64. The highest BCUT2D eigenvalue weighted by Crippen LogP contribution is 2.32. The molecule has 0 fully saturated rings. The topological polar surface area (TPSA) is 0 Å². The predicted octanol–water partition coefficient (Wildman–Crippen LogP) is 5.50. The predicted molar refractivity (Wildman–Crippen MR) is 89.9 cm³/mol. The van der Waals surface area contributed by atoms with E-state index in [1.165, 1.54) is 51.5 Å². The first kappa shape index (κ1) is 13.4. The Kier molecular flexibility index (Phi) is 4.13. The molecule has 0 spiro atoms. The minimum atomic E-state index is -0.0399. The first-order chi connectivity index (χ1) is 9.24. The molecule has 0 heterocycles. The lowest BCUT2D eigenvalue weighted by Gasteiger charge is -2.18. The molecule has 2 heteroatoms. The molecule has 0 saturated heterocycles. The van der Waals surface area contributed by atoms with Crippen LogP contribution < -0.4 is 0 Å². The second kappa shape index (κ2) is 5.84. The summed E-state index contributed by atoms with van der Waals surface area (Å²) in [5.41, 5.74) is 5.43. The number of aryl methyl sites for hydroxylation is 2. The van der Waals surface area contributed by atoms with Gasteiger partial charge in [-0.15, -0.1) is 11.6 Å². The van der Waals surface area contributed by atoms with Crippen LogP contribution in [-0.2, 0) is 12.8 Å². The van der Waals surface area contributed by atoms with Gasteiger partial charge in [-0.05, 0) is 82.7 Å². The second-order valence-electron chi connectivity index (χ2n) is 5.15. The first-order valence-electron chi connectivity index (χ1n) is 6.75. The maximum atomic E-state index is 6.64. The van der Waals surface area contributed by atoms with Gasteiger partial charge in [0.15, 0.2) is 0 Å². The van der Waals surface area contributed by atoms with Crippen LogP contribution in [0.25, 0.3) is 0 Å². The number of benzene rings is 2. The Bertz CT molecular complexity index is 592. The average molecular weight is 383 g/mol. The molecule has 0 N–H and O–H groups in total. The standard InChI is InChI=1S/C17H16ClI/c18-17(14-6-3-7-16(19)11-14)15-9-8-12-4-1-2-5-13(12)10-15/h3,6-11,17H,1-2,4-5H2. The van der Waals surface area contributed by atoms with Crippen LogP contribution in [0.4, 0.5) is 0 Å². The Morgan fingerprint density at radius 1 is 0.895 bits per heavy atom. The van der Waals surface area contributed by atoms with E-state index in [2.05, 4.69) is 65.1 Å². The molecule has 0 aliphatic heterocycles. The van der Waals surface area contributed by atoms with E-state index in [1.807, 2.05) is 0 Å². The van der Waals surface area contributed by atoms with Crippen molar-refractivity contribution in [3.05, 3.63) is 68.3 Å². The largest absolute Gasteiger partial charge is 0.113 e. The molecule has 1 aliphatic carbocycles. The Labute approximate surface area is 133 Å². The fraction of sp³-hybridized carbons (Fsp3) is 0.294. The van der Waals surface area contributed by atoms with Gasteiger partial charge in [-0.3, -0.25) is 0 Å². The number of hydrogen-bond donors (Lipinski definition) is 0. The summed E-state index contributed by atoms with van der Waals surface area (Å²) in [4.78, 5) is 0. The summed E-state index contributed by atoms with van der Waals surface area (Å²) in [5, 5.41) is -0.0399. The van der Waals surface area contributed by atoms with Crippen LogP contribution in [0.3, 0.4) is 0 Å². The molecule has 0 saturated carbocycles. The normalized spacial score (nSPS) is 15.9. The lowest BCUT2D eigenvalue weighted by atomic mass is 9.89. The molecule has 1 atom stereocenters. The van der Waals surface area contributed by atoms with Gasteiger partial charge in [-0.1, -0.05) is 30.3 Å². The number of alkyl halides is 1. The van der Waals surface area contributed by atoms with Gasteiger partial charge in [-0.2, -0.15) is 0 Å². The van der Waals surface area contributed by atoms with Gasteiger partial charge in [0, 0.05) is 3.57 Å². The zero-order chi connectivity index (χ0) is 13.2. The molecular weight excluding hydrogens is 367 g/mol. The van der Waals surface area contributed by atoms with Crippen molar-refractivity contribution in [2.45, 2.75) is 31.1 Å². The van der Waals surface area contributed by atoms with Crippen molar-refractivity contribution >= 4 is 34.2 Å². The van der Waals surface area contributed by atoms with Crippen molar-refractivity contribution in [1.82, 2.24) is 0 Å². The van der Waals surface area contributed by atoms with E-state index >= 15 is 0 Å². The van der Waals surface area contributed by atoms with E-state index < -0.39 is 0 Å². The maximum Gasteiger partial charge on any atom is 0.0835 e. The molecule has 0 aromatic heterocycles. The monoisotopic (exact) mass is 382 g/mol. The van der Waals surface area contributed by atoms with E-state index in [9.17, 15) is 0 Å². The third kappa shape index (κ3) is 2.97. The van der Waals surface area contributed by atoms with Crippen LogP contribution in [0.5, 0.6) is 0 Å².